The number of nitrogens with one attached hydrogen (secondary N) is 1. The molecule has 2 unspecified atom stereocenters. The number of benzene rings is 1. The van der Waals surface area contributed by atoms with Crippen LogP contribution in [0.5, 0.6) is 0 Å². The summed E-state index contributed by atoms with van der Waals surface area (Å²) < 4.78 is 0.702. The molecule has 3 nitrogen and oxygen atoms in total. The van der Waals surface area contributed by atoms with Crippen molar-refractivity contribution < 1.29 is 9.90 Å². The van der Waals surface area contributed by atoms with E-state index in [0.29, 0.717) is 20.2 Å². The van der Waals surface area contributed by atoms with Gasteiger partial charge in [0.25, 0.3) is 0 Å². The molecule has 0 bridgehead atoms. The molecule has 0 aromatic heterocycles. The summed E-state index contributed by atoms with van der Waals surface area (Å²) in [7, 11) is 0. The van der Waals surface area contributed by atoms with E-state index >= 15 is 0 Å². The maximum Gasteiger partial charge on any atom is 0.308 e. The van der Waals surface area contributed by atoms with Gasteiger partial charge in [0.1, 0.15) is 0 Å². The van der Waals surface area contributed by atoms with Gasteiger partial charge in [-0.3, -0.25) is 4.79 Å². The molecule has 1 aromatic carbocycles. The minimum atomic E-state index is -0.857. The highest BCUT2D eigenvalue weighted by molar-refractivity contribution is 9.10. The average Bonchev–Trinajstić information content (AvgIpc) is 2.28. The minimum absolute atomic E-state index is 0.248. The number of carboxylic acids is 1. The van der Waals surface area contributed by atoms with Crippen LogP contribution in [0, 0.1) is 5.92 Å². The first-order valence-corrected chi connectivity index (χ1v) is 6.52. The summed E-state index contributed by atoms with van der Waals surface area (Å²) in [6, 6.07) is 3.26. The number of aliphatic carboxylic acids is 1. The smallest absolute Gasteiger partial charge is 0.308 e. The maximum absolute atomic E-state index is 10.8. The molecule has 0 aliphatic rings. The third kappa shape index (κ3) is 3.50. The molecule has 0 aliphatic carbocycles. The van der Waals surface area contributed by atoms with Crippen molar-refractivity contribution in [2.24, 2.45) is 5.92 Å². The van der Waals surface area contributed by atoms with E-state index in [1.165, 1.54) is 0 Å². The number of carbonyl (C=O) groups is 1. The van der Waals surface area contributed by atoms with Gasteiger partial charge in [0.05, 0.1) is 21.7 Å². The Kier molecular flexibility index (Phi) is 5.10. The van der Waals surface area contributed by atoms with Gasteiger partial charge in [-0.2, -0.15) is 0 Å². The standard InChI is InChI=1S/C11H12BrCl2NO2/c1-5(11(16)17)6(2)15-8-4-3-7(12)9(13)10(8)14/h3-6,15H,1-2H3,(H,16,17). The normalized spacial score (nSPS) is 14.2. The van der Waals surface area contributed by atoms with Gasteiger partial charge >= 0.3 is 5.97 Å². The molecule has 1 aromatic rings. The van der Waals surface area contributed by atoms with Crippen LogP contribution in [0.15, 0.2) is 16.6 Å². The van der Waals surface area contributed by atoms with E-state index in [-0.39, 0.29) is 6.04 Å². The molecule has 0 heterocycles. The van der Waals surface area contributed by atoms with E-state index in [9.17, 15) is 4.79 Å². The van der Waals surface area contributed by atoms with Crippen LogP contribution >= 0.6 is 39.1 Å². The lowest BCUT2D eigenvalue weighted by Gasteiger charge is -2.20. The number of rotatable bonds is 4. The molecule has 1 rings (SSSR count). The van der Waals surface area contributed by atoms with Gasteiger partial charge in [0.15, 0.2) is 0 Å². The van der Waals surface area contributed by atoms with Gasteiger partial charge in [-0.15, -0.1) is 0 Å². The van der Waals surface area contributed by atoms with Crippen LogP contribution in [0.25, 0.3) is 0 Å². The average molecular weight is 341 g/mol. The fourth-order valence-corrected chi connectivity index (χ4v) is 2.05. The highest BCUT2D eigenvalue weighted by atomic mass is 79.9. The number of hydrogen-bond acceptors (Lipinski definition) is 2. The van der Waals surface area contributed by atoms with Crippen LogP contribution in [-0.2, 0) is 4.79 Å². The molecule has 0 aliphatic heterocycles. The largest absolute Gasteiger partial charge is 0.481 e. The Morgan fingerprint density at radius 3 is 2.47 bits per heavy atom. The lowest BCUT2D eigenvalue weighted by atomic mass is 10.0. The van der Waals surface area contributed by atoms with Gasteiger partial charge in [-0.25, -0.2) is 0 Å². The van der Waals surface area contributed by atoms with Crippen LogP contribution in [-0.4, -0.2) is 17.1 Å². The number of hydrogen-bond donors (Lipinski definition) is 2. The van der Waals surface area contributed by atoms with Crippen LogP contribution in [0.4, 0.5) is 5.69 Å². The second-order valence-corrected chi connectivity index (χ2v) is 5.39. The van der Waals surface area contributed by atoms with Gasteiger partial charge in [0.2, 0.25) is 0 Å². The molecule has 2 atom stereocenters. The number of carboxylic acid groups (broad SMARTS) is 1. The van der Waals surface area contributed by atoms with E-state index in [2.05, 4.69) is 21.2 Å². The molecule has 0 radical (unpaired) electrons. The first-order valence-electron chi connectivity index (χ1n) is 4.97. The summed E-state index contributed by atoms with van der Waals surface area (Å²) in [5.41, 5.74) is 0.625. The summed E-state index contributed by atoms with van der Waals surface area (Å²) in [6.07, 6.45) is 0. The molecular formula is C11H12BrCl2NO2. The van der Waals surface area contributed by atoms with Crippen LogP contribution in [0.2, 0.25) is 10.0 Å². The van der Waals surface area contributed by atoms with Gasteiger partial charge < -0.3 is 10.4 Å². The molecule has 0 saturated heterocycles. The first kappa shape index (κ1) is 14.6. The Morgan fingerprint density at radius 1 is 1.35 bits per heavy atom. The number of anilines is 1. The molecule has 0 spiro atoms. The summed E-state index contributed by atoms with van der Waals surface area (Å²) in [6.45, 7) is 3.42. The molecule has 94 valence electrons. The second kappa shape index (κ2) is 5.94. The summed E-state index contributed by atoms with van der Waals surface area (Å²) in [5, 5.41) is 12.7. The Balaban J connectivity index is 2.89. The van der Waals surface area contributed by atoms with Crippen molar-refractivity contribution in [1.82, 2.24) is 0 Å². The molecule has 0 saturated carbocycles. The zero-order valence-electron chi connectivity index (χ0n) is 9.30. The lowest BCUT2D eigenvalue weighted by molar-refractivity contribution is -0.141. The molecule has 0 amide bonds. The lowest BCUT2D eigenvalue weighted by Crippen LogP contribution is -2.29. The van der Waals surface area contributed by atoms with Crippen LogP contribution < -0.4 is 5.32 Å². The number of halogens is 3. The monoisotopic (exact) mass is 339 g/mol. The molecule has 2 N–H and O–H groups in total. The van der Waals surface area contributed by atoms with Gasteiger partial charge in [-0.1, -0.05) is 23.2 Å². The fourth-order valence-electron chi connectivity index (χ4n) is 1.22. The summed E-state index contributed by atoms with van der Waals surface area (Å²) >= 11 is 15.3. The Morgan fingerprint density at radius 2 is 1.94 bits per heavy atom. The van der Waals surface area contributed by atoms with Crippen molar-refractivity contribution in [1.29, 1.82) is 0 Å². The fraction of sp³-hybridized carbons (Fsp3) is 0.364. The Labute approximate surface area is 118 Å². The molecule has 0 fully saturated rings. The van der Waals surface area contributed by atoms with Crippen molar-refractivity contribution in [3.8, 4) is 0 Å². The van der Waals surface area contributed by atoms with Gasteiger partial charge in [-0.05, 0) is 41.9 Å². The van der Waals surface area contributed by atoms with E-state index in [1.54, 1.807) is 26.0 Å². The van der Waals surface area contributed by atoms with Crippen molar-refractivity contribution in [2.45, 2.75) is 19.9 Å². The topological polar surface area (TPSA) is 49.3 Å². The van der Waals surface area contributed by atoms with Crippen molar-refractivity contribution in [2.75, 3.05) is 5.32 Å². The van der Waals surface area contributed by atoms with E-state index in [1.807, 2.05) is 0 Å². The van der Waals surface area contributed by atoms with Crippen molar-refractivity contribution >= 4 is 50.8 Å². The quantitative estimate of drug-likeness (QED) is 0.804. The van der Waals surface area contributed by atoms with E-state index in [0.717, 1.165) is 0 Å². The Hall–Kier alpha value is -0.450. The van der Waals surface area contributed by atoms with Crippen molar-refractivity contribution in [3.63, 3.8) is 0 Å². The van der Waals surface area contributed by atoms with E-state index in [4.69, 9.17) is 28.3 Å². The third-order valence-corrected chi connectivity index (χ3v) is 4.33. The zero-order valence-corrected chi connectivity index (χ0v) is 12.4. The maximum atomic E-state index is 10.8. The minimum Gasteiger partial charge on any atom is -0.481 e. The Bertz CT molecular complexity index is 440. The SMILES string of the molecule is CC(Nc1ccc(Br)c(Cl)c1Cl)C(C)C(=O)O. The highest BCUT2D eigenvalue weighted by Crippen LogP contribution is 2.36. The van der Waals surface area contributed by atoms with Crippen LogP contribution in [0.1, 0.15) is 13.8 Å². The second-order valence-electron chi connectivity index (χ2n) is 3.78. The highest BCUT2D eigenvalue weighted by Gasteiger charge is 2.20. The zero-order chi connectivity index (χ0) is 13.2. The first-order chi connectivity index (χ1) is 7.84. The van der Waals surface area contributed by atoms with Gasteiger partial charge in [0, 0.05) is 10.5 Å². The third-order valence-electron chi connectivity index (χ3n) is 2.56. The van der Waals surface area contributed by atoms with Crippen LogP contribution in [0.3, 0.4) is 0 Å². The van der Waals surface area contributed by atoms with Crippen molar-refractivity contribution in [3.05, 3.63) is 26.7 Å². The predicted octanol–water partition coefficient (Wildman–Crippen LogP) is 4.28. The molecule has 6 heteroatoms. The predicted molar refractivity (Wildman–Crippen MR) is 74.0 cm³/mol. The molecule has 17 heavy (non-hydrogen) atoms. The van der Waals surface area contributed by atoms with E-state index < -0.39 is 11.9 Å². The summed E-state index contributed by atoms with van der Waals surface area (Å²) in [4.78, 5) is 10.8. The summed E-state index contributed by atoms with van der Waals surface area (Å²) in [5.74, 6) is -1.38. The molecular weight excluding hydrogens is 329 g/mol.